The first-order valence-electron chi connectivity index (χ1n) is 6.94. The summed E-state index contributed by atoms with van der Waals surface area (Å²) in [5.74, 6) is -1.04. The Bertz CT molecular complexity index is 412. The lowest BCUT2D eigenvalue weighted by Gasteiger charge is -2.07. The summed E-state index contributed by atoms with van der Waals surface area (Å²) in [6.45, 7) is 5.46. The molecule has 0 saturated heterocycles. The second-order valence-electron chi connectivity index (χ2n) is 4.72. The zero-order valence-corrected chi connectivity index (χ0v) is 12.8. The van der Waals surface area contributed by atoms with E-state index in [0.717, 1.165) is 6.21 Å². The number of ether oxygens (including phenoxy) is 2. The Morgan fingerprint density at radius 3 is 2.24 bits per heavy atom. The topological polar surface area (TPSA) is 93.5 Å². The van der Waals surface area contributed by atoms with Crippen LogP contribution in [0.1, 0.15) is 40.0 Å². The van der Waals surface area contributed by atoms with E-state index in [1.807, 2.05) is 0 Å². The van der Waals surface area contributed by atoms with Gasteiger partial charge in [-0.1, -0.05) is 19.9 Å². The molecule has 0 atom stereocenters. The highest BCUT2D eigenvalue weighted by molar-refractivity contribution is 6.08. The van der Waals surface area contributed by atoms with Crippen molar-refractivity contribution in [1.29, 1.82) is 5.41 Å². The molecule has 0 radical (unpaired) electrons. The molecule has 0 heterocycles. The highest BCUT2D eigenvalue weighted by Crippen LogP contribution is 2.03. The molecule has 6 nitrogen and oxygen atoms in total. The second kappa shape index (κ2) is 10.8. The van der Waals surface area contributed by atoms with Gasteiger partial charge >= 0.3 is 11.9 Å². The summed E-state index contributed by atoms with van der Waals surface area (Å²) in [7, 11) is 0. The molecule has 0 aromatic heterocycles. The van der Waals surface area contributed by atoms with Crippen LogP contribution in [0.3, 0.4) is 0 Å². The van der Waals surface area contributed by atoms with Crippen LogP contribution in [0.25, 0.3) is 0 Å². The molecule has 0 rings (SSSR count). The Balaban J connectivity index is 3.72. The van der Waals surface area contributed by atoms with Crippen molar-refractivity contribution in [3.8, 4) is 0 Å². The van der Waals surface area contributed by atoms with E-state index in [-0.39, 0.29) is 43.3 Å². The summed E-state index contributed by atoms with van der Waals surface area (Å²) in [5.41, 5.74) is 0.180. The van der Waals surface area contributed by atoms with Crippen molar-refractivity contribution in [3.63, 3.8) is 0 Å². The van der Waals surface area contributed by atoms with Gasteiger partial charge in [0, 0.05) is 25.0 Å². The van der Waals surface area contributed by atoms with E-state index >= 15 is 0 Å². The third-order valence-corrected chi connectivity index (χ3v) is 2.71. The molecule has 21 heavy (non-hydrogen) atoms. The van der Waals surface area contributed by atoms with E-state index in [0.29, 0.717) is 6.42 Å². The maximum absolute atomic E-state index is 11.4. The number of ketones is 1. The Morgan fingerprint density at radius 2 is 1.71 bits per heavy atom. The number of esters is 2. The van der Waals surface area contributed by atoms with Gasteiger partial charge in [0.05, 0.1) is 25.2 Å². The van der Waals surface area contributed by atoms with Crippen LogP contribution in [0, 0.1) is 11.3 Å². The zero-order valence-electron chi connectivity index (χ0n) is 12.8. The van der Waals surface area contributed by atoms with Crippen LogP contribution in [0.4, 0.5) is 0 Å². The lowest BCUT2D eigenvalue weighted by molar-refractivity contribution is -0.146. The van der Waals surface area contributed by atoms with Crippen molar-refractivity contribution in [2.45, 2.75) is 40.0 Å². The van der Waals surface area contributed by atoms with Crippen LogP contribution in [-0.2, 0) is 23.9 Å². The third kappa shape index (κ3) is 8.73. The van der Waals surface area contributed by atoms with Crippen LogP contribution in [0.15, 0.2) is 11.6 Å². The van der Waals surface area contributed by atoms with Crippen molar-refractivity contribution in [3.05, 3.63) is 11.6 Å². The molecular formula is C15H23NO5. The van der Waals surface area contributed by atoms with Gasteiger partial charge in [0.1, 0.15) is 5.78 Å². The molecule has 0 spiro atoms. The predicted octanol–water partition coefficient (Wildman–Crippen LogP) is 2.06. The van der Waals surface area contributed by atoms with Gasteiger partial charge in [-0.05, 0) is 6.92 Å². The predicted molar refractivity (Wildman–Crippen MR) is 78.2 cm³/mol. The quantitative estimate of drug-likeness (QED) is 0.288. The highest BCUT2D eigenvalue weighted by Gasteiger charge is 2.11. The Hall–Kier alpha value is -1.98. The Labute approximate surface area is 125 Å². The molecule has 118 valence electrons. The van der Waals surface area contributed by atoms with E-state index in [9.17, 15) is 14.4 Å². The average molecular weight is 297 g/mol. The van der Waals surface area contributed by atoms with E-state index in [4.69, 9.17) is 14.9 Å². The van der Waals surface area contributed by atoms with Gasteiger partial charge in [-0.3, -0.25) is 9.59 Å². The average Bonchev–Trinajstić information content (AvgIpc) is 2.45. The SMILES string of the molecule is C/C=C(\C=N)C(=O)OCCCOC(=O)CCC(=O)C(C)C. The van der Waals surface area contributed by atoms with Gasteiger partial charge in [-0.2, -0.15) is 0 Å². The van der Waals surface area contributed by atoms with Crippen molar-refractivity contribution in [1.82, 2.24) is 0 Å². The van der Waals surface area contributed by atoms with E-state index in [1.165, 1.54) is 6.08 Å². The number of allylic oxidation sites excluding steroid dienone is 1. The molecule has 0 aromatic rings. The zero-order chi connectivity index (χ0) is 16.3. The molecule has 0 saturated carbocycles. The summed E-state index contributed by atoms with van der Waals surface area (Å²) < 4.78 is 9.82. The molecule has 0 fully saturated rings. The largest absolute Gasteiger partial charge is 0.466 e. The fourth-order valence-corrected chi connectivity index (χ4v) is 1.34. The van der Waals surface area contributed by atoms with E-state index in [1.54, 1.807) is 20.8 Å². The first-order valence-corrected chi connectivity index (χ1v) is 6.94. The van der Waals surface area contributed by atoms with Crippen molar-refractivity contribution >= 4 is 23.9 Å². The minimum Gasteiger partial charge on any atom is -0.466 e. The fourth-order valence-electron chi connectivity index (χ4n) is 1.34. The van der Waals surface area contributed by atoms with Gasteiger partial charge in [0.25, 0.3) is 0 Å². The standard InChI is InChI=1S/C15H23NO5/c1-4-12(10-16)15(19)21-9-5-8-20-14(18)7-6-13(17)11(2)3/h4,10-11,16H,5-9H2,1-3H3/b12-4+,16-10?. The summed E-state index contributed by atoms with van der Waals surface area (Å²) in [6, 6.07) is 0. The Kier molecular flexibility index (Phi) is 9.75. The normalized spacial score (nSPS) is 11.1. The lowest BCUT2D eigenvalue weighted by Crippen LogP contribution is -2.14. The van der Waals surface area contributed by atoms with Crippen molar-refractivity contribution in [2.24, 2.45) is 5.92 Å². The first kappa shape index (κ1) is 19.0. The Morgan fingerprint density at radius 1 is 1.10 bits per heavy atom. The number of Topliss-reactive ketones (excluding diaryl/α,β-unsaturated/α-hetero) is 1. The molecule has 0 aliphatic heterocycles. The smallest absolute Gasteiger partial charge is 0.339 e. The van der Waals surface area contributed by atoms with Crippen LogP contribution in [0.5, 0.6) is 0 Å². The van der Waals surface area contributed by atoms with Crippen molar-refractivity contribution in [2.75, 3.05) is 13.2 Å². The van der Waals surface area contributed by atoms with Gasteiger partial charge < -0.3 is 14.9 Å². The monoisotopic (exact) mass is 297 g/mol. The highest BCUT2D eigenvalue weighted by atomic mass is 16.5. The molecule has 0 amide bonds. The molecule has 0 aromatic carbocycles. The summed E-state index contributed by atoms with van der Waals surface area (Å²) >= 11 is 0. The maximum Gasteiger partial charge on any atom is 0.339 e. The van der Waals surface area contributed by atoms with Crippen LogP contribution in [0.2, 0.25) is 0 Å². The first-order chi connectivity index (χ1) is 9.92. The molecule has 6 heteroatoms. The third-order valence-electron chi connectivity index (χ3n) is 2.71. The minimum absolute atomic E-state index is 0.0337. The number of carbonyl (C=O) groups is 3. The summed E-state index contributed by atoms with van der Waals surface area (Å²) in [6.07, 6.45) is 3.06. The van der Waals surface area contributed by atoms with Gasteiger partial charge in [0.2, 0.25) is 0 Å². The van der Waals surface area contributed by atoms with Gasteiger partial charge in [-0.25, -0.2) is 4.79 Å². The van der Waals surface area contributed by atoms with Gasteiger partial charge in [-0.15, -0.1) is 0 Å². The number of nitrogens with one attached hydrogen (secondary N) is 1. The lowest BCUT2D eigenvalue weighted by atomic mass is 10.1. The number of hydrogen-bond donors (Lipinski definition) is 1. The molecular weight excluding hydrogens is 274 g/mol. The molecule has 0 bridgehead atoms. The van der Waals surface area contributed by atoms with Crippen molar-refractivity contribution < 1.29 is 23.9 Å². The molecule has 1 N–H and O–H groups in total. The molecule has 0 unspecified atom stereocenters. The van der Waals surface area contributed by atoms with Crippen LogP contribution >= 0.6 is 0 Å². The number of hydrogen-bond acceptors (Lipinski definition) is 6. The summed E-state index contributed by atoms with van der Waals surface area (Å²) in [4.78, 5) is 34.0. The van der Waals surface area contributed by atoms with Crippen LogP contribution < -0.4 is 0 Å². The number of rotatable bonds is 10. The molecule has 0 aliphatic carbocycles. The van der Waals surface area contributed by atoms with E-state index < -0.39 is 11.9 Å². The van der Waals surface area contributed by atoms with E-state index in [2.05, 4.69) is 0 Å². The fraction of sp³-hybridized carbons (Fsp3) is 0.600. The maximum atomic E-state index is 11.4. The second-order valence-corrected chi connectivity index (χ2v) is 4.72. The molecule has 0 aliphatic rings. The number of carbonyl (C=O) groups excluding carboxylic acids is 3. The minimum atomic E-state index is -0.568. The van der Waals surface area contributed by atoms with Crippen LogP contribution in [-0.4, -0.2) is 37.2 Å². The summed E-state index contributed by atoms with van der Waals surface area (Å²) in [5, 5.41) is 6.98. The van der Waals surface area contributed by atoms with Gasteiger partial charge in [0.15, 0.2) is 0 Å².